The highest BCUT2D eigenvalue weighted by Gasteiger charge is 2.45. The monoisotopic (exact) mass is 178 g/mol. The van der Waals surface area contributed by atoms with Crippen LogP contribution in [-0.2, 0) is 4.74 Å². The van der Waals surface area contributed by atoms with Crippen molar-refractivity contribution in [1.29, 1.82) is 0 Å². The van der Waals surface area contributed by atoms with Crippen molar-refractivity contribution in [2.45, 2.75) is 24.9 Å². The molecule has 1 rings (SSSR count). The average molecular weight is 178 g/mol. The molecule has 5 nitrogen and oxygen atoms in total. The van der Waals surface area contributed by atoms with Gasteiger partial charge in [0.25, 0.3) is 0 Å². The van der Waals surface area contributed by atoms with Crippen LogP contribution >= 0.6 is 0 Å². The van der Waals surface area contributed by atoms with Gasteiger partial charge in [-0.15, -0.1) is 0 Å². The van der Waals surface area contributed by atoms with Crippen LogP contribution in [0.4, 0.5) is 0 Å². The summed E-state index contributed by atoms with van der Waals surface area (Å²) in [5.41, 5.74) is 0. The number of aliphatic hydroxyl groups is 4. The lowest BCUT2D eigenvalue weighted by molar-refractivity contribution is -0.311. The molecule has 1 aliphatic heterocycles. The number of hydrogen-bond acceptors (Lipinski definition) is 5. The summed E-state index contributed by atoms with van der Waals surface area (Å²) in [4.78, 5) is 0. The highest BCUT2D eigenvalue weighted by Crippen LogP contribution is 2.28. The first-order chi connectivity index (χ1) is 5.51. The van der Waals surface area contributed by atoms with E-state index in [1.165, 1.54) is 6.92 Å². The molecule has 0 amide bonds. The maximum Gasteiger partial charge on any atom is 0.194 e. The second-order valence-electron chi connectivity index (χ2n) is 3.16. The maximum atomic E-state index is 9.49. The summed E-state index contributed by atoms with van der Waals surface area (Å²) < 4.78 is 4.81. The molecular formula is C7H14O5. The molecule has 0 aliphatic carbocycles. The van der Waals surface area contributed by atoms with Crippen LogP contribution in [0.15, 0.2) is 0 Å². The Labute approximate surface area is 70.2 Å². The molecule has 1 aliphatic rings. The van der Waals surface area contributed by atoms with E-state index in [2.05, 4.69) is 0 Å². The van der Waals surface area contributed by atoms with E-state index in [-0.39, 0.29) is 6.61 Å². The Hall–Kier alpha value is -0.200. The van der Waals surface area contributed by atoms with Crippen LogP contribution in [0.3, 0.4) is 0 Å². The Morgan fingerprint density at radius 2 is 2.08 bits per heavy atom. The van der Waals surface area contributed by atoms with E-state index < -0.39 is 30.5 Å². The van der Waals surface area contributed by atoms with Crippen LogP contribution in [0.25, 0.3) is 0 Å². The van der Waals surface area contributed by atoms with Crippen molar-refractivity contribution in [3.8, 4) is 0 Å². The molecule has 0 aromatic carbocycles. The topological polar surface area (TPSA) is 90.2 Å². The molecule has 72 valence electrons. The average Bonchev–Trinajstić information content (AvgIpc) is 2.09. The quantitative estimate of drug-likeness (QED) is 0.375. The zero-order chi connectivity index (χ0) is 9.35. The second-order valence-corrected chi connectivity index (χ2v) is 3.16. The minimum absolute atomic E-state index is 0.164. The molecule has 1 fully saturated rings. The third-order valence-corrected chi connectivity index (χ3v) is 2.35. The van der Waals surface area contributed by atoms with Crippen molar-refractivity contribution in [3.63, 3.8) is 0 Å². The number of rotatable bonds is 1. The zero-order valence-electron chi connectivity index (χ0n) is 6.84. The van der Waals surface area contributed by atoms with Gasteiger partial charge in [-0.2, -0.15) is 0 Å². The first kappa shape index (κ1) is 9.88. The smallest absolute Gasteiger partial charge is 0.194 e. The van der Waals surface area contributed by atoms with Gasteiger partial charge in [-0.25, -0.2) is 0 Å². The fourth-order valence-electron chi connectivity index (χ4n) is 1.25. The van der Waals surface area contributed by atoms with Crippen LogP contribution in [0, 0.1) is 5.92 Å². The van der Waals surface area contributed by atoms with E-state index in [0.717, 1.165) is 0 Å². The predicted octanol–water partition coefficient (Wildman–Crippen LogP) is -1.94. The van der Waals surface area contributed by atoms with E-state index in [4.69, 9.17) is 14.9 Å². The standard InChI is InChI=1S/C7H14O5/c1-4-6(10)5(9)2-12-7(4,11)3-8/h4-6,8-11H,2-3H2,1H3. The third-order valence-electron chi connectivity index (χ3n) is 2.35. The minimum atomic E-state index is -1.72. The van der Waals surface area contributed by atoms with Crippen molar-refractivity contribution in [2.75, 3.05) is 13.2 Å². The Morgan fingerprint density at radius 3 is 2.58 bits per heavy atom. The van der Waals surface area contributed by atoms with E-state index in [9.17, 15) is 10.2 Å². The summed E-state index contributed by atoms with van der Waals surface area (Å²) in [7, 11) is 0. The van der Waals surface area contributed by atoms with Crippen LogP contribution in [-0.4, -0.2) is 51.6 Å². The van der Waals surface area contributed by atoms with Gasteiger partial charge in [-0.3, -0.25) is 0 Å². The van der Waals surface area contributed by atoms with Gasteiger partial charge < -0.3 is 25.2 Å². The Bertz CT molecular complexity index is 162. The molecule has 0 aromatic heterocycles. The normalized spacial score (nSPS) is 49.2. The molecule has 4 atom stereocenters. The van der Waals surface area contributed by atoms with Gasteiger partial charge >= 0.3 is 0 Å². The molecule has 12 heavy (non-hydrogen) atoms. The van der Waals surface area contributed by atoms with Crippen LogP contribution < -0.4 is 0 Å². The van der Waals surface area contributed by atoms with Gasteiger partial charge in [0.2, 0.25) is 0 Å². The summed E-state index contributed by atoms with van der Waals surface area (Å²) in [6.07, 6.45) is -2.05. The highest BCUT2D eigenvalue weighted by atomic mass is 16.6. The summed E-state index contributed by atoms with van der Waals surface area (Å²) in [6.45, 7) is 0.754. The molecule has 1 saturated heterocycles. The van der Waals surface area contributed by atoms with Crippen LogP contribution in [0.2, 0.25) is 0 Å². The summed E-state index contributed by atoms with van der Waals surface area (Å²) in [5, 5.41) is 36.7. The van der Waals surface area contributed by atoms with Gasteiger partial charge in [-0.1, -0.05) is 6.92 Å². The summed E-state index contributed by atoms with van der Waals surface area (Å²) in [5.74, 6) is -2.43. The van der Waals surface area contributed by atoms with E-state index in [0.29, 0.717) is 0 Å². The molecule has 4 unspecified atom stereocenters. The first-order valence-corrected chi connectivity index (χ1v) is 3.84. The van der Waals surface area contributed by atoms with Crippen molar-refractivity contribution < 1.29 is 25.2 Å². The Morgan fingerprint density at radius 1 is 1.50 bits per heavy atom. The lowest BCUT2D eigenvalue weighted by atomic mass is 9.89. The number of hydrogen-bond donors (Lipinski definition) is 4. The lowest BCUT2D eigenvalue weighted by Gasteiger charge is -2.41. The zero-order valence-corrected chi connectivity index (χ0v) is 6.84. The lowest BCUT2D eigenvalue weighted by Crippen LogP contribution is -2.57. The Kier molecular flexibility index (Phi) is 2.70. The first-order valence-electron chi connectivity index (χ1n) is 3.84. The molecule has 0 spiro atoms. The summed E-state index contributed by atoms with van der Waals surface area (Å²) >= 11 is 0. The van der Waals surface area contributed by atoms with Crippen molar-refractivity contribution in [3.05, 3.63) is 0 Å². The second kappa shape index (κ2) is 3.27. The predicted molar refractivity (Wildman–Crippen MR) is 39.2 cm³/mol. The molecule has 0 aromatic rings. The SMILES string of the molecule is CC1C(O)C(O)COC1(O)CO. The van der Waals surface area contributed by atoms with E-state index >= 15 is 0 Å². The molecule has 4 N–H and O–H groups in total. The molecular weight excluding hydrogens is 164 g/mol. The van der Waals surface area contributed by atoms with Crippen molar-refractivity contribution in [1.82, 2.24) is 0 Å². The van der Waals surface area contributed by atoms with E-state index in [1.54, 1.807) is 0 Å². The summed E-state index contributed by atoms with van der Waals surface area (Å²) in [6, 6.07) is 0. The van der Waals surface area contributed by atoms with Crippen molar-refractivity contribution >= 4 is 0 Å². The van der Waals surface area contributed by atoms with Crippen molar-refractivity contribution in [2.24, 2.45) is 5.92 Å². The van der Waals surface area contributed by atoms with Crippen LogP contribution in [0.1, 0.15) is 6.92 Å². The fraction of sp³-hybridized carbons (Fsp3) is 1.00. The number of ether oxygens (including phenoxy) is 1. The largest absolute Gasteiger partial charge is 0.391 e. The van der Waals surface area contributed by atoms with E-state index in [1.807, 2.05) is 0 Å². The molecule has 1 heterocycles. The highest BCUT2D eigenvalue weighted by molar-refractivity contribution is 4.88. The molecule has 0 saturated carbocycles. The minimum Gasteiger partial charge on any atom is -0.391 e. The van der Waals surface area contributed by atoms with Gasteiger partial charge in [-0.05, 0) is 0 Å². The molecule has 5 heteroatoms. The Balaban J connectivity index is 2.71. The van der Waals surface area contributed by atoms with Gasteiger partial charge in [0.15, 0.2) is 5.79 Å². The number of aliphatic hydroxyl groups excluding tert-OH is 3. The third kappa shape index (κ3) is 1.46. The fourth-order valence-corrected chi connectivity index (χ4v) is 1.25. The van der Waals surface area contributed by atoms with Crippen LogP contribution in [0.5, 0.6) is 0 Å². The molecule has 0 bridgehead atoms. The maximum absolute atomic E-state index is 9.49. The van der Waals surface area contributed by atoms with Gasteiger partial charge in [0.05, 0.1) is 19.3 Å². The molecule has 0 radical (unpaired) electrons. The van der Waals surface area contributed by atoms with Gasteiger partial charge in [0.1, 0.15) is 6.10 Å². The van der Waals surface area contributed by atoms with Gasteiger partial charge in [0, 0.05) is 5.92 Å².